The predicted molar refractivity (Wildman–Crippen MR) is 58.8 cm³/mol. The van der Waals surface area contributed by atoms with Crippen LogP contribution in [0.3, 0.4) is 0 Å². The van der Waals surface area contributed by atoms with E-state index in [2.05, 4.69) is 22.2 Å². The van der Waals surface area contributed by atoms with Gasteiger partial charge in [-0.1, -0.05) is 0 Å². The van der Waals surface area contributed by atoms with Crippen molar-refractivity contribution in [3.8, 4) is 0 Å². The molecule has 4 heteroatoms. The second-order valence-electron chi connectivity index (χ2n) is 4.02. The van der Waals surface area contributed by atoms with Crippen LogP contribution in [0.4, 0.5) is 5.82 Å². The summed E-state index contributed by atoms with van der Waals surface area (Å²) < 4.78 is 5.75. The van der Waals surface area contributed by atoms with Gasteiger partial charge < -0.3 is 10.1 Å². The minimum atomic E-state index is 0.0759. The Hall–Kier alpha value is -1.16. The Bertz CT molecular complexity index is 354. The molecule has 1 aliphatic heterocycles. The molecule has 0 radical (unpaired) electrons. The highest BCUT2D eigenvalue weighted by atomic mass is 16.5. The van der Waals surface area contributed by atoms with Crippen molar-refractivity contribution in [2.45, 2.75) is 38.9 Å². The van der Waals surface area contributed by atoms with E-state index in [-0.39, 0.29) is 6.10 Å². The Morgan fingerprint density at radius 2 is 2.20 bits per heavy atom. The molecule has 1 aromatic rings. The molecule has 0 spiro atoms. The maximum Gasteiger partial charge on any atom is 0.159 e. The number of nitrogens with zero attached hydrogens (tertiary/aromatic N) is 2. The van der Waals surface area contributed by atoms with E-state index in [1.807, 2.05) is 20.0 Å². The van der Waals surface area contributed by atoms with Crippen LogP contribution >= 0.6 is 0 Å². The van der Waals surface area contributed by atoms with E-state index in [1.165, 1.54) is 0 Å². The van der Waals surface area contributed by atoms with E-state index in [4.69, 9.17) is 4.74 Å². The van der Waals surface area contributed by atoms with E-state index < -0.39 is 0 Å². The van der Waals surface area contributed by atoms with Gasteiger partial charge in [-0.15, -0.1) is 0 Å². The quantitative estimate of drug-likeness (QED) is 0.806. The lowest BCUT2D eigenvalue weighted by Gasteiger charge is -2.11. The summed E-state index contributed by atoms with van der Waals surface area (Å²) in [6.07, 6.45) is 2.52. The normalized spacial score (nSPS) is 25.5. The Morgan fingerprint density at radius 3 is 2.80 bits per heavy atom. The summed E-state index contributed by atoms with van der Waals surface area (Å²) in [5.41, 5.74) is 0.979. The summed E-state index contributed by atoms with van der Waals surface area (Å²) in [6, 6.07) is 1.93. The average molecular weight is 207 g/mol. The number of rotatable bonds is 2. The number of hydrogen-bond acceptors (Lipinski definition) is 4. The molecule has 0 aromatic carbocycles. The van der Waals surface area contributed by atoms with Gasteiger partial charge in [0, 0.05) is 18.8 Å². The zero-order valence-corrected chi connectivity index (χ0v) is 9.45. The summed E-state index contributed by atoms with van der Waals surface area (Å²) in [5, 5.41) is 3.04. The molecule has 0 amide bonds. The lowest BCUT2D eigenvalue weighted by atomic mass is 10.2. The number of aryl methyl sites for hydroxylation is 1. The van der Waals surface area contributed by atoms with Crippen molar-refractivity contribution in [2.75, 3.05) is 12.4 Å². The second kappa shape index (κ2) is 4.14. The van der Waals surface area contributed by atoms with Crippen molar-refractivity contribution < 1.29 is 4.74 Å². The van der Waals surface area contributed by atoms with E-state index in [1.54, 1.807) is 0 Å². The first-order chi connectivity index (χ1) is 7.19. The third-order valence-corrected chi connectivity index (χ3v) is 2.65. The number of aromatic nitrogens is 2. The molecule has 0 aliphatic carbocycles. The lowest BCUT2D eigenvalue weighted by Crippen LogP contribution is -2.08. The molecule has 2 rings (SSSR count). The van der Waals surface area contributed by atoms with Gasteiger partial charge in [-0.25, -0.2) is 9.97 Å². The van der Waals surface area contributed by atoms with Crippen LogP contribution in [0, 0.1) is 6.92 Å². The van der Waals surface area contributed by atoms with Crippen molar-refractivity contribution in [3.05, 3.63) is 17.6 Å². The van der Waals surface area contributed by atoms with Crippen LogP contribution < -0.4 is 5.32 Å². The van der Waals surface area contributed by atoms with E-state index in [0.717, 1.165) is 30.2 Å². The predicted octanol–water partition coefficient (Wildman–Crippen LogP) is 2.07. The van der Waals surface area contributed by atoms with Gasteiger partial charge in [-0.2, -0.15) is 0 Å². The Morgan fingerprint density at radius 1 is 1.40 bits per heavy atom. The van der Waals surface area contributed by atoms with Gasteiger partial charge in [-0.3, -0.25) is 0 Å². The third-order valence-electron chi connectivity index (χ3n) is 2.65. The number of nitrogens with one attached hydrogen (secondary N) is 1. The molecule has 2 heterocycles. The SMILES string of the molecule is CNc1cc(C)nc(C2CCC(C)O2)n1. The molecule has 2 atom stereocenters. The van der Waals surface area contributed by atoms with Gasteiger partial charge in [0.05, 0.1) is 6.10 Å². The first kappa shape index (κ1) is 10.4. The number of ether oxygens (including phenoxy) is 1. The summed E-state index contributed by atoms with van der Waals surface area (Å²) in [7, 11) is 1.86. The fraction of sp³-hybridized carbons (Fsp3) is 0.636. The Kier molecular flexibility index (Phi) is 2.86. The van der Waals surface area contributed by atoms with E-state index in [9.17, 15) is 0 Å². The van der Waals surface area contributed by atoms with Crippen LogP contribution in [-0.4, -0.2) is 23.1 Å². The molecule has 2 unspecified atom stereocenters. The molecule has 1 N–H and O–H groups in total. The molecule has 4 nitrogen and oxygen atoms in total. The number of hydrogen-bond donors (Lipinski definition) is 1. The first-order valence-electron chi connectivity index (χ1n) is 5.38. The Labute approximate surface area is 90.1 Å². The molecule has 82 valence electrons. The molecule has 15 heavy (non-hydrogen) atoms. The molecule has 1 aliphatic rings. The summed E-state index contributed by atoms with van der Waals surface area (Å²) in [4.78, 5) is 8.84. The molecule has 1 fully saturated rings. The largest absolute Gasteiger partial charge is 0.373 e. The zero-order chi connectivity index (χ0) is 10.8. The molecular formula is C11H17N3O. The Balaban J connectivity index is 2.24. The minimum absolute atomic E-state index is 0.0759. The van der Waals surface area contributed by atoms with Gasteiger partial charge in [0.1, 0.15) is 11.9 Å². The minimum Gasteiger partial charge on any atom is -0.373 e. The van der Waals surface area contributed by atoms with Crippen molar-refractivity contribution in [2.24, 2.45) is 0 Å². The lowest BCUT2D eigenvalue weighted by molar-refractivity contribution is 0.0503. The number of anilines is 1. The van der Waals surface area contributed by atoms with Gasteiger partial charge in [0.2, 0.25) is 0 Å². The van der Waals surface area contributed by atoms with Crippen molar-refractivity contribution in [1.29, 1.82) is 0 Å². The molecule has 0 saturated carbocycles. The van der Waals surface area contributed by atoms with Crippen molar-refractivity contribution >= 4 is 5.82 Å². The molecule has 1 saturated heterocycles. The summed E-state index contributed by atoms with van der Waals surface area (Å²) in [6.45, 7) is 4.07. The van der Waals surface area contributed by atoms with Crippen LogP contribution in [0.25, 0.3) is 0 Å². The highest BCUT2D eigenvalue weighted by Gasteiger charge is 2.25. The van der Waals surface area contributed by atoms with Crippen LogP contribution in [0.5, 0.6) is 0 Å². The fourth-order valence-electron chi connectivity index (χ4n) is 1.86. The van der Waals surface area contributed by atoms with Crippen LogP contribution in [0.2, 0.25) is 0 Å². The standard InChI is InChI=1S/C11H17N3O/c1-7-6-10(12-3)14-11(13-7)9-5-4-8(2)15-9/h6,8-9H,4-5H2,1-3H3,(H,12,13,14). The van der Waals surface area contributed by atoms with Crippen LogP contribution in [0.1, 0.15) is 37.4 Å². The van der Waals surface area contributed by atoms with E-state index >= 15 is 0 Å². The maximum atomic E-state index is 5.75. The molecular weight excluding hydrogens is 190 g/mol. The summed E-state index contributed by atoms with van der Waals surface area (Å²) >= 11 is 0. The second-order valence-corrected chi connectivity index (χ2v) is 4.02. The van der Waals surface area contributed by atoms with Crippen LogP contribution in [0.15, 0.2) is 6.07 Å². The van der Waals surface area contributed by atoms with Crippen molar-refractivity contribution in [1.82, 2.24) is 9.97 Å². The monoisotopic (exact) mass is 207 g/mol. The first-order valence-corrected chi connectivity index (χ1v) is 5.38. The third kappa shape index (κ3) is 2.26. The molecule has 0 bridgehead atoms. The fourth-order valence-corrected chi connectivity index (χ4v) is 1.86. The van der Waals surface area contributed by atoms with Crippen LogP contribution in [-0.2, 0) is 4.74 Å². The van der Waals surface area contributed by atoms with Crippen molar-refractivity contribution in [3.63, 3.8) is 0 Å². The van der Waals surface area contributed by atoms with Gasteiger partial charge in [0.25, 0.3) is 0 Å². The zero-order valence-electron chi connectivity index (χ0n) is 9.45. The van der Waals surface area contributed by atoms with Gasteiger partial charge in [-0.05, 0) is 26.7 Å². The average Bonchev–Trinajstić information content (AvgIpc) is 2.64. The molecule has 1 aromatic heterocycles. The van der Waals surface area contributed by atoms with Gasteiger partial charge >= 0.3 is 0 Å². The highest BCUT2D eigenvalue weighted by Crippen LogP contribution is 2.30. The highest BCUT2D eigenvalue weighted by molar-refractivity contribution is 5.35. The van der Waals surface area contributed by atoms with E-state index in [0.29, 0.717) is 6.10 Å². The maximum absolute atomic E-state index is 5.75. The summed E-state index contributed by atoms with van der Waals surface area (Å²) in [5.74, 6) is 1.67. The van der Waals surface area contributed by atoms with Gasteiger partial charge in [0.15, 0.2) is 5.82 Å². The topological polar surface area (TPSA) is 47.0 Å². The smallest absolute Gasteiger partial charge is 0.159 e.